The summed E-state index contributed by atoms with van der Waals surface area (Å²) < 4.78 is 0. The van der Waals surface area contributed by atoms with Gasteiger partial charge in [-0.2, -0.15) is 0 Å². The van der Waals surface area contributed by atoms with Gasteiger partial charge in [-0.1, -0.05) is 92.2 Å². The number of nitrogens with zero attached hydrogens (tertiary/aromatic N) is 1. The van der Waals surface area contributed by atoms with Crippen molar-refractivity contribution in [3.05, 3.63) is 113 Å². The van der Waals surface area contributed by atoms with Gasteiger partial charge >= 0.3 is 0 Å². The Morgan fingerprint density at radius 1 is 0.872 bits per heavy atom. The Hall–Kier alpha value is -4.22. The van der Waals surface area contributed by atoms with E-state index >= 15 is 0 Å². The zero-order chi connectivity index (χ0) is 27.1. The number of nitrogens with two attached hydrogens (primary N) is 2. The lowest BCUT2D eigenvalue weighted by Crippen LogP contribution is -2.54. The molecule has 39 heavy (non-hydrogen) atoms. The first kappa shape index (κ1) is 25.1. The summed E-state index contributed by atoms with van der Waals surface area (Å²) in [5, 5.41) is 0. The van der Waals surface area contributed by atoms with Crippen LogP contribution in [0, 0.1) is 0 Å². The van der Waals surface area contributed by atoms with Crippen LogP contribution in [0.3, 0.4) is 0 Å². The summed E-state index contributed by atoms with van der Waals surface area (Å²) in [6.45, 7) is 2.93. The van der Waals surface area contributed by atoms with Gasteiger partial charge in [-0.3, -0.25) is 9.59 Å². The molecule has 2 unspecified atom stereocenters. The van der Waals surface area contributed by atoms with E-state index in [-0.39, 0.29) is 17.9 Å². The van der Waals surface area contributed by atoms with Crippen LogP contribution in [0.25, 0.3) is 22.3 Å². The standard InChI is InChI=1S/C34H33N3O2/c1-2-3-13-26-30-27(23-15-8-9-16-24(23)31(30)34(36)39)20-28(32(26)37-19-18-29(37)35)33(38)25-17-10-7-14-22(25)21-11-5-4-6-12-21/h4-12,14-17,20,29,31H,2-3,13,18-19,35H2,1H3,(H2,36,39). The van der Waals surface area contributed by atoms with E-state index in [4.69, 9.17) is 11.5 Å². The van der Waals surface area contributed by atoms with Crippen molar-refractivity contribution in [1.82, 2.24) is 0 Å². The summed E-state index contributed by atoms with van der Waals surface area (Å²) in [4.78, 5) is 29.7. The Balaban J connectivity index is 1.64. The minimum atomic E-state index is -0.542. The largest absolute Gasteiger partial charge is 0.369 e. The molecule has 1 aliphatic heterocycles. The van der Waals surface area contributed by atoms with Crippen LogP contribution in [0.1, 0.15) is 64.7 Å². The molecule has 0 bridgehead atoms. The molecule has 4 aromatic carbocycles. The van der Waals surface area contributed by atoms with Gasteiger partial charge in [0.2, 0.25) is 5.91 Å². The van der Waals surface area contributed by atoms with E-state index in [1.54, 1.807) is 0 Å². The van der Waals surface area contributed by atoms with Gasteiger partial charge in [0.05, 0.1) is 17.8 Å². The van der Waals surface area contributed by atoms with Crippen LogP contribution >= 0.6 is 0 Å². The number of anilines is 1. The molecule has 0 aromatic heterocycles. The molecule has 0 saturated carbocycles. The monoisotopic (exact) mass is 515 g/mol. The molecule has 1 fully saturated rings. The fourth-order valence-electron chi connectivity index (χ4n) is 6.23. The molecule has 4 N–H and O–H groups in total. The summed E-state index contributed by atoms with van der Waals surface area (Å²) in [5.41, 5.74) is 21.4. The fourth-order valence-corrected chi connectivity index (χ4v) is 6.23. The van der Waals surface area contributed by atoms with Crippen molar-refractivity contribution in [2.45, 2.75) is 44.7 Å². The smallest absolute Gasteiger partial charge is 0.229 e. The number of fused-ring (bicyclic) bond motifs is 3. The Bertz CT molecular complexity index is 1580. The average Bonchev–Trinajstić information content (AvgIpc) is 3.30. The third-order valence-corrected chi connectivity index (χ3v) is 8.21. The first-order valence-electron chi connectivity index (χ1n) is 13.8. The van der Waals surface area contributed by atoms with Gasteiger partial charge in [-0.25, -0.2) is 0 Å². The number of primary amides is 1. The number of carbonyl (C=O) groups is 2. The first-order valence-corrected chi connectivity index (χ1v) is 13.8. The Morgan fingerprint density at radius 3 is 2.23 bits per heavy atom. The van der Waals surface area contributed by atoms with Crippen LogP contribution in [0.15, 0.2) is 84.9 Å². The Labute approximate surface area is 229 Å². The van der Waals surface area contributed by atoms with Gasteiger partial charge < -0.3 is 16.4 Å². The van der Waals surface area contributed by atoms with E-state index < -0.39 is 5.92 Å². The van der Waals surface area contributed by atoms with E-state index in [0.29, 0.717) is 11.1 Å². The van der Waals surface area contributed by atoms with Crippen molar-refractivity contribution in [3.63, 3.8) is 0 Å². The van der Waals surface area contributed by atoms with Crippen molar-refractivity contribution in [1.29, 1.82) is 0 Å². The maximum Gasteiger partial charge on any atom is 0.229 e. The van der Waals surface area contributed by atoms with Crippen molar-refractivity contribution in [2.75, 3.05) is 11.4 Å². The molecule has 4 aromatic rings. The summed E-state index contributed by atoms with van der Waals surface area (Å²) in [6, 6.07) is 27.7. The molecular formula is C34H33N3O2. The first-order chi connectivity index (χ1) is 19.0. The van der Waals surface area contributed by atoms with Crippen molar-refractivity contribution >= 4 is 17.4 Å². The van der Waals surface area contributed by atoms with Crippen LogP contribution < -0.4 is 16.4 Å². The predicted molar refractivity (Wildman–Crippen MR) is 157 cm³/mol. The highest BCUT2D eigenvalue weighted by Crippen LogP contribution is 2.51. The van der Waals surface area contributed by atoms with Crippen LogP contribution in [0.5, 0.6) is 0 Å². The van der Waals surface area contributed by atoms with E-state index in [2.05, 4.69) is 11.8 Å². The van der Waals surface area contributed by atoms with E-state index in [1.165, 1.54) is 0 Å². The van der Waals surface area contributed by atoms with E-state index in [1.807, 2.05) is 84.9 Å². The summed E-state index contributed by atoms with van der Waals surface area (Å²) >= 11 is 0. The second-order valence-electron chi connectivity index (χ2n) is 10.5. The third kappa shape index (κ3) is 4.14. The van der Waals surface area contributed by atoms with Gasteiger partial charge in [0.1, 0.15) is 0 Å². The molecule has 1 amide bonds. The van der Waals surface area contributed by atoms with E-state index in [9.17, 15) is 9.59 Å². The number of unbranched alkanes of at least 4 members (excludes halogenated alkanes) is 1. The fraction of sp³-hybridized carbons (Fsp3) is 0.235. The lowest BCUT2D eigenvalue weighted by molar-refractivity contribution is -0.118. The second kappa shape index (κ2) is 10.2. The maximum atomic E-state index is 14.6. The molecule has 0 radical (unpaired) electrons. The summed E-state index contributed by atoms with van der Waals surface area (Å²) in [5.74, 6) is -0.949. The molecular weight excluding hydrogens is 482 g/mol. The number of hydrogen-bond acceptors (Lipinski definition) is 4. The SMILES string of the molecule is CCCCc1c2c(cc(C(=O)c3ccccc3-c3ccccc3)c1N1CCC1N)-c1ccccc1C2C(N)=O. The zero-order valence-electron chi connectivity index (χ0n) is 22.2. The van der Waals surface area contributed by atoms with E-state index in [0.717, 1.165) is 76.9 Å². The van der Waals surface area contributed by atoms with Crippen LogP contribution in [-0.2, 0) is 11.2 Å². The molecule has 6 rings (SSSR count). The molecule has 2 aliphatic rings. The van der Waals surface area contributed by atoms with Crippen LogP contribution in [0.4, 0.5) is 5.69 Å². The van der Waals surface area contributed by atoms with Gasteiger partial charge in [-0.05, 0) is 64.3 Å². The maximum absolute atomic E-state index is 14.6. The van der Waals surface area contributed by atoms with Gasteiger partial charge in [-0.15, -0.1) is 0 Å². The molecule has 5 nitrogen and oxygen atoms in total. The number of hydrogen-bond donors (Lipinski definition) is 2. The lowest BCUT2D eigenvalue weighted by Gasteiger charge is -2.43. The van der Waals surface area contributed by atoms with Crippen molar-refractivity contribution < 1.29 is 9.59 Å². The topological polar surface area (TPSA) is 89.4 Å². The predicted octanol–water partition coefficient (Wildman–Crippen LogP) is 6.02. The van der Waals surface area contributed by atoms with Crippen molar-refractivity contribution in [2.24, 2.45) is 11.5 Å². The molecule has 5 heteroatoms. The zero-order valence-corrected chi connectivity index (χ0v) is 22.2. The van der Waals surface area contributed by atoms with Crippen molar-refractivity contribution in [3.8, 4) is 22.3 Å². The van der Waals surface area contributed by atoms with Gasteiger partial charge in [0.25, 0.3) is 0 Å². The molecule has 1 saturated heterocycles. The molecule has 2 atom stereocenters. The highest BCUT2D eigenvalue weighted by Gasteiger charge is 2.40. The Kier molecular flexibility index (Phi) is 6.53. The Morgan fingerprint density at radius 2 is 1.56 bits per heavy atom. The summed E-state index contributed by atoms with van der Waals surface area (Å²) in [7, 11) is 0. The number of rotatable bonds is 8. The lowest BCUT2D eigenvalue weighted by atomic mass is 9.83. The number of carbonyl (C=O) groups excluding carboxylic acids is 2. The summed E-state index contributed by atoms with van der Waals surface area (Å²) in [6.07, 6.45) is 3.36. The highest BCUT2D eigenvalue weighted by molar-refractivity contribution is 6.17. The number of benzene rings is 4. The average molecular weight is 516 g/mol. The quantitative estimate of drug-likeness (QED) is 0.281. The van der Waals surface area contributed by atoms with Crippen LogP contribution in [-0.4, -0.2) is 24.4 Å². The highest BCUT2D eigenvalue weighted by atomic mass is 16.1. The minimum absolute atomic E-state index is 0.0379. The molecule has 1 heterocycles. The number of amides is 1. The minimum Gasteiger partial charge on any atom is -0.369 e. The molecule has 0 spiro atoms. The third-order valence-electron chi connectivity index (χ3n) is 8.21. The van der Waals surface area contributed by atoms with Gasteiger partial charge in [0, 0.05) is 17.7 Å². The second-order valence-corrected chi connectivity index (χ2v) is 10.5. The molecule has 1 aliphatic carbocycles. The molecule has 196 valence electrons. The number of ketones is 1. The normalized spacial score (nSPS) is 17.3. The van der Waals surface area contributed by atoms with Crippen LogP contribution in [0.2, 0.25) is 0 Å². The van der Waals surface area contributed by atoms with Gasteiger partial charge in [0.15, 0.2) is 5.78 Å².